The zero-order chi connectivity index (χ0) is 62.1. The molecule has 0 saturated carbocycles. The van der Waals surface area contributed by atoms with E-state index in [9.17, 15) is 0 Å². The first-order valence-electron chi connectivity index (χ1n) is 32.3. The summed E-state index contributed by atoms with van der Waals surface area (Å²) in [6, 6.07) is 127. The molecule has 0 atom stereocenters. The summed E-state index contributed by atoms with van der Waals surface area (Å²) in [5.74, 6) is 0. The Morgan fingerprint density at radius 1 is 0.138 bits per heavy atom. The zero-order valence-electron chi connectivity index (χ0n) is 51.3. The molecule has 0 amide bonds. The van der Waals surface area contributed by atoms with Crippen LogP contribution in [0.25, 0.3) is 187 Å². The van der Waals surface area contributed by atoms with Gasteiger partial charge < -0.3 is 8.83 Å². The topological polar surface area (TPSA) is 26.3 Å². The molecule has 0 unspecified atom stereocenters. The van der Waals surface area contributed by atoms with Gasteiger partial charge >= 0.3 is 0 Å². The molecule has 2 aromatic heterocycles. The summed E-state index contributed by atoms with van der Waals surface area (Å²) in [4.78, 5) is 0. The molecule has 2 heterocycles. The van der Waals surface area contributed by atoms with Gasteiger partial charge in [-0.25, -0.2) is 0 Å². The summed E-state index contributed by atoms with van der Waals surface area (Å²) >= 11 is 0. The van der Waals surface area contributed by atoms with Gasteiger partial charge in [0, 0.05) is 32.7 Å². The third-order valence-corrected chi connectivity index (χ3v) is 19.2. The number of para-hydroxylation sites is 4. The van der Waals surface area contributed by atoms with Crippen LogP contribution in [-0.2, 0) is 0 Å². The van der Waals surface area contributed by atoms with Crippen LogP contribution < -0.4 is 0 Å². The summed E-state index contributed by atoms with van der Waals surface area (Å²) in [5, 5.41) is 17.2. The van der Waals surface area contributed by atoms with Crippen molar-refractivity contribution in [1.82, 2.24) is 0 Å². The molecule has 2 nitrogen and oxygen atoms in total. The van der Waals surface area contributed by atoms with Crippen LogP contribution in [0.5, 0.6) is 0 Å². The Labute approximate surface area is 544 Å². The van der Waals surface area contributed by atoms with Gasteiger partial charge in [-0.3, -0.25) is 0 Å². The SMILES string of the molecule is c1ccc(-c2ccccc2-c2ccc3cc(-c4ccc(-c5cccc6c5oc5ccccc56)cc4)c4ccccc4c3c2)cc1.c1ccc2c(-c3ccc(-c4ccc5cc(-c6ccc(-c7cccc8c7oc7ccccc78)cc6)c6ccccc6c5c4)cc3)cccc2c1. The first kappa shape index (κ1) is 54.6. The molecule has 438 valence electrons. The monoisotopic (exact) mass is 1190 g/mol. The van der Waals surface area contributed by atoms with E-state index in [2.05, 4.69) is 328 Å². The van der Waals surface area contributed by atoms with Gasteiger partial charge in [-0.2, -0.15) is 0 Å². The average Bonchev–Trinajstić information content (AvgIpc) is 1.29. The standard InChI is InChI=1S/C48H30O.C44H28O/c1-2-11-38-32(9-1)10-7-15-39(38)33-21-19-31(20-22-33)36-27-28-37-30-45(41-12-3-4-13-42(41)46(37)29-36)35-25-23-34(24-26-35)40-16-8-17-44-43-14-5-6-18-47(43)49-48(40)44;1-2-11-29(12-3-1)34-13-4-5-14-35(34)32-25-26-33-28-41(37-15-6-7-16-38(37)42(33)27-32)31-23-21-30(22-24-31)36-18-10-19-40-39-17-8-9-20-43(39)45-44(36)40/h1-30H;1-28H. The molecule has 0 spiro atoms. The molecular formula is C92H58O2. The van der Waals surface area contributed by atoms with Crippen LogP contribution >= 0.6 is 0 Å². The molecule has 0 aliphatic rings. The number of furan rings is 2. The van der Waals surface area contributed by atoms with Gasteiger partial charge in [-0.05, 0) is 168 Å². The van der Waals surface area contributed by atoms with Gasteiger partial charge in [0.1, 0.15) is 22.3 Å². The molecule has 94 heavy (non-hydrogen) atoms. The van der Waals surface area contributed by atoms with Gasteiger partial charge in [0.25, 0.3) is 0 Å². The fourth-order valence-corrected chi connectivity index (χ4v) is 14.6. The van der Waals surface area contributed by atoms with Crippen LogP contribution in [-0.4, -0.2) is 0 Å². The van der Waals surface area contributed by atoms with E-state index in [0.717, 1.165) is 66.1 Å². The van der Waals surface area contributed by atoms with Gasteiger partial charge in [0.15, 0.2) is 0 Å². The predicted octanol–water partition coefficient (Wildman–Crippen LogP) is 26.3. The maximum absolute atomic E-state index is 6.34. The van der Waals surface area contributed by atoms with E-state index in [1.807, 2.05) is 24.3 Å². The van der Waals surface area contributed by atoms with Crippen molar-refractivity contribution < 1.29 is 8.83 Å². The molecule has 19 rings (SSSR count). The lowest BCUT2D eigenvalue weighted by molar-refractivity contribution is 0.669. The lowest BCUT2D eigenvalue weighted by Gasteiger charge is -2.14. The number of fused-ring (bicyclic) bond motifs is 13. The molecule has 0 radical (unpaired) electrons. The predicted molar refractivity (Wildman–Crippen MR) is 398 cm³/mol. The van der Waals surface area contributed by atoms with E-state index in [0.29, 0.717) is 0 Å². The van der Waals surface area contributed by atoms with Gasteiger partial charge in [-0.1, -0.05) is 315 Å². The Morgan fingerprint density at radius 3 is 1.01 bits per heavy atom. The second-order valence-corrected chi connectivity index (χ2v) is 24.5. The highest BCUT2D eigenvalue weighted by Crippen LogP contribution is 2.44. The minimum absolute atomic E-state index is 0.922. The van der Waals surface area contributed by atoms with Crippen LogP contribution in [0.4, 0.5) is 0 Å². The summed E-state index contributed by atoms with van der Waals surface area (Å²) in [6.45, 7) is 0. The number of hydrogen-bond acceptors (Lipinski definition) is 2. The van der Waals surface area contributed by atoms with E-state index in [4.69, 9.17) is 8.83 Å². The van der Waals surface area contributed by atoms with Crippen molar-refractivity contribution in [3.8, 4) is 89.0 Å². The molecule has 0 fully saturated rings. The van der Waals surface area contributed by atoms with Crippen LogP contribution in [0.1, 0.15) is 0 Å². The third kappa shape index (κ3) is 9.50. The van der Waals surface area contributed by atoms with Crippen molar-refractivity contribution in [1.29, 1.82) is 0 Å². The fraction of sp³-hybridized carbons (Fsp3) is 0. The lowest BCUT2D eigenvalue weighted by Crippen LogP contribution is -1.88. The molecule has 0 bridgehead atoms. The Balaban J connectivity index is 0.000000138. The van der Waals surface area contributed by atoms with Crippen molar-refractivity contribution in [2.75, 3.05) is 0 Å². The second kappa shape index (κ2) is 22.8. The van der Waals surface area contributed by atoms with E-state index in [1.165, 1.54) is 121 Å². The molecule has 0 aliphatic carbocycles. The highest BCUT2D eigenvalue weighted by Gasteiger charge is 2.18. The van der Waals surface area contributed by atoms with Crippen molar-refractivity contribution in [2.24, 2.45) is 0 Å². The lowest BCUT2D eigenvalue weighted by atomic mass is 9.89. The Hall–Kier alpha value is -12.4. The smallest absolute Gasteiger partial charge is 0.143 e. The quantitative estimate of drug-likeness (QED) is 0.142. The van der Waals surface area contributed by atoms with Crippen molar-refractivity contribution in [3.63, 3.8) is 0 Å². The van der Waals surface area contributed by atoms with E-state index in [1.54, 1.807) is 0 Å². The van der Waals surface area contributed by atoms with E-state index >= 15 is 0 Å². The Morgan fingerprint density at radius 2 is 0.468 bits per heavy atom. The first-order chi connectivity index (χ1) is 46.6. The summed E-state index contributed by atoms with van der Waals surface area (Å²) in [5.41, 5.74) is 23.0. The van der Waals surface area contributed by atoms with Crippen LogP contribution in [0.3, 0.4) is 0 Å². The summed E-state index contributed by atoms with van der Waals surface area (Å²) in [7, 11) is 0. The van der Waals surface area contributed by atoms with Crippen LogP contribution in [0, 0.1) is 0 Å². The molecule has 2 heteroatoms. The largest absolute Gasteiger partial charge is 0.455 e. The van der Waals surface area contributed by atoms with Crippen LogP contribution in [0.2, 0.25) is 0 Å². The van der Waals surface area contributed by atoms with Gasteiger partial charge in [-0.15, -0.1) is 0 Å². The normalized spacial score (nSPS) is 11.6. The van der Waals surface area contributed by atoms with E-state index in [-0.39, 0.29) is 0 Å². The van der Waals surface area contributed by atoms with Crippen LogP contribution in [0.15, 0.2) is 361 Å². The van der Waals surface area contributed by atoms with Gasteiger partial charge in [0.2, 0.25) is 0 Å². The fourth-order valence-electron chi connectivity index (χ4n) is 14.6. The minimum atomic E-state index is 0.922. The first-order valence-corrected chi connectivity index (χ1v) is 32.3. The maximum Gasteiger partial charge on any atom is 0.143 e. The van der Waals surface area contributed by atoms with Crippen molar-refractivity contribution in [2.45, 2.75) is 0 Å². The molecule has 0 saturated heterocycles. The zero-order valence-corrected chi connectivity index (χ0v) is 51.3. The number of hydrogen-bond donors (Lipinski definition) is 0. The number of rotatable bonds is 8. The van der Waals surface area contributed by atoms with E-state index < -0.39 is 0 Å². The van der Waals surface area contributed by atoms with Gasteiger partial charge in [0.05, 0.1) is 0 Å². The Bertz CT molecular complexity index is 6120. The van der Waals surface area contributed by atoms with Crippen molar-refractivity contribution in [3.05, 3.63) is 352 Å². The maximum atomic E-state index is 6.34. The molecule has 19 aromatic rings. The Kier molecular flexibility index (Phi) is 13.3. The highest BCUT2D eigenvalue weighted by molar-refractivity contribution is 6.17. The summed E-state index contributed by atoms with van der Waals surface area (Å²) < 4.78 is 12.7. The average molecular weight is 1200 g/mol. The highest BCUT2D eigenvalue weighted by atomic mass is 16.3. The minimum Gasteiger partial charge on any atom is -0.455 e. The molecule has 0 N–H and O–H groups in total. The number of benzene rings is 17. The molecule has 17 aromatic carbocycles. The van der Waals surface area contributed by atoms with Crippen molar-refractivity contribution >= 4 is 97.7 Å². The summed E-state index contributed by atoms with van der Waals surface area (Å²) in [6.07, 6.45) is 0. The third-order valence-electron chi connectivity index (χ3n) is 19.2. The molecule has 0 aliphatic heterocycles. The molecular weight excluding hydrogens is 1140 g/mol. The second-order valence-electron chi connectivity index (χ2n) is 24.5.